The van der Waals surface area contributed by atoms with E-state index in [1.807, 2.05) is 62.4 Å². The number of nitrogens with zero attached hydrogens (tertiary/aromatic N) is 1. The van der Waals surface area contributed by atoms with E-state index in [1.54, 1.807) is 7.11 Å². The maximum absolute atomic E-state index is 12.2. The number of methoxy groups -OCH3 is 1. The van der Waals surface area contributed by atoms with Crippen molar-refractivity contribution < 1.29 is 8.95 Å². The fraction of sp³-hybridized carbons (Fsp3) is 0.188. The highest BCUT2D eigenvalue weighted by atomic mass is 32.2. The number of ether oxygens (including phenoxy) is 1. The zero-order valence-corrected chi connectivity index (χ0v) is 12.6. The van der Waals surface area contributed by atoms with Crippen molar-refractivity contribution in [2.75, 3.05) is 7.11 Å². The van der Waals surface area contributed by atoms with Crippen LogP contribution >= 0.6 is 0 Å². The Kier molecular flexibility index (Phi) is 4.69. The molecule has 0 aliphatic rings. The summed E-state index contributed by atoms with van der Waals surface area (Å²) in [4.78, 5) is 0.712. The number of rotatable bonds is 4. The van der Waals surface area contributed by atoms with Crippen molar-refractivity contribution in [2.45, 2.75) is 18.7 Å². The Balaban J connectivity index is 2.20. The van der Waals surface area contributed by atoms with E-state index in [0.717, 1.165) is 22.6 Å². The maximum Gasteiger partial charge on any atom is 0.172 e. The predicted octanol–water partition coefficient (Wildman–Crippen LogP) is 3.54. The fourth-order valence-corrected chi connectivity index (χ4v) is 2.55. The van der Waals surface area contributed by atoms with Crippen LogP contribution in [0.15, 0.2) is 57.8 Å². The molecule has 0 saturated heterocycles. The first-order valence-electron chi connectivity index (χ1n) is 6.28. The molecule has 0 saturated carbocycles. The minimum Gasteiger partial charge on any atom is -0.497 e. The molecule has 0 aliphatic heterocycles. The number of aryl methyl sites for hydroxylation is 1. The van der Waals surface area contributed by atoms with Crippen molar-refractivity contribution in [3.63, 3.8) is 0 Å². The largest absolute Gasteiger partial charge is 0.497 e. The first kappa shape index (κ1) is 14.5. The molecule has 1 atom stereocenters. The molecule has 0 heterocycles. The van der Waals surface area contributed by atoms with E-state index < -0.39 is 11.0 Å². The van der Waals surface area contributed by atoms with Crippen LogP contribution in [0.2, 0.25) is 0 Å². The molecule has 0 aliphatic carbocycles. The first-order valence-corrected chi connectivity index (χ1v) is 7.39. The standard InChI is InChI=1S/C16H17NO2S/c1-12-4-10-16(11-5-12)20(18)17-13(2)14-6-8-15(19-3)9-7-14/h4-11H,1-3H3/b17-13+. The number of hydrogen-bond acceptors (Lipinski definition) is 2. The summed E-state index contributed by atoms with van der Waals surface area (Å²) in [6.07, 6.45) is 0. The van der Waals surface area contributed by atoms with Crippen LogP contribution in [0.4, 0.5) is 0 Å². The SMILES string of the molecule is COc1ccc(/C(C)=N/S(=O)c2ccc(C)cc2)cc1. The average Bonchev–Trinajstić information content (AvgIpc) is 2.48. The van der Waals surface area contributed by atoms with E-state index >= 15 is 0 Å². The van der Waals surface area contributed by atoms with E-state index in [9.17, 15) is 4.21 Å². The van der Waals surface area contributed by atoms with Gasteiger partial charge in [-0.2, -0.15) is 4.40 Å². The summed E-state index contributed by atoms with van der Waals surface area (Å²) in [6, 6.07) is 15.1. The topological polar surface area (TPSA) is 38.7 Å². The molecule has 0 aromatic heterocycles. The van der Waals surface area contributed by atoms with Crippen LogP contribution in [-0.2, 0) is 11.0 Å². The fourth-order valence-electron chi connectivity index (χ4n) is 1.72. The lowest BCUT2D eigenvalue weighted by Crippen LogP contribution is -1.98. The lowest BCUT2D eigenvalue weighted by molar-refractivity contribution is 0.415. The van der Waals surface area contributed by atoms with E-state index in [2.05, 4.69) is 4.40 Å². The molecule has 4 heteroatoms. The number of hydrogen-bond donors (Lipinski definition) is 0. The highest BCUT2D eigenvalue weighted by molar-refractivity contribution is 7.83. The highest BCUT2D eigenvalue weighted by Crippen LogP contribution is 2.14. The lowest BCUT2D eigenvalue weighted by Gasteiger charge is -2.03. The molecular weight excluding hydrogens is 270 g/mol. The molecule has 0 fully saturated rings. The molecule has 0 radical (unpaired) electrons. The summed E-state index contributed by atoms with van der Waals surface area (Å²) in [5, 5.41) is 0. The molecule has 0 amide bonds. The molecule has 0 N–H and O–H groups in total. The van der Waals surface area contributed by atoms with Crippen LogP contribution in [-0.4, -0.2) is 17.0 Å². The molecule has 104 valence electrons. The van der Waals surface area contributed by atoms with Crippen molar-refractivity contribution in [3.8, 4) is 5.75 Å². The Labute approximate surface area is 121 Å². The zero-order chi connectivity index (χ0) is 14.5. The third-order valence-corrected chi connectivity index (χ3v) is 4.07. The van der Waals surface area contributed by atoms with Gasteiger partial charge in [-0.1, -0.05) is 17.7 Å². The third kappa shape index (κ3) is 3.54. The summed E-state index contributed by atoms with van der Waals surface area (Å²) in [7, 11) is 0.255. The van der Waals surface area contributed by atoms with Crippen molar-refractivity contribution in [2.24, 2.45) is 4.40 Å². The van der Waals surface area contributed by atoms with Crippen LogP contribution in [0.25, 0.3) is 0 Å². The normalized spacial score (nSPS) is 13.1. The minimum atomic E-state index is -1.37. The Bertz CT molecular complexity index is 631. The molecule has 3 nitrogen and oxygen atoms in total. The first-order chi connectivity index (χ1) is 9.60. The van der Waals surface area contributed by atoms with Crippen LogP contribution in [0.1, 0.15) is 18.1 Å². The average molecular weight is 287 g/mol. The molecule has 0 bridgehead atoms. The summed E-state index contributed by atoms with van der Waals surface area (Å²) in [6.45, 7) is 3.85. The van der Waals surface area contributed by atoms with Gasteiger partial charge < -0.3 is 4.74 Å². The van der Waals surface area contributed by atoms with Gasteiger partial charge in [0.1, 0.15) is 5.75 Å². The van der Waals surface area contributed by atoms with Crippen LogP contribution < -0.4 is 4.74 Å². The van der Waals surface area contributed by atoms with Crippen molar-refractivity contribution in [1.29, 1.82) is 0 Å². The van der Waals surface area contributed by atoms with Gasteiger partial charge in [0.15, 0.2) is 11.0 Å². The van der Waals surface area contributed by atoms with Gasteiger partial charge >= 0.3 is 0 Å². The van der Waals surface area contributed by atoms with Crippen molar-refractivity contribution >= 4 is 16.7 Å². The summed E-state index contributed by atoms with van der Waals surface area (Å²) < 4.78 is 21.5. The lowest BCUT2D eigenvalue weighted by atomic mass is 10.1. The second-order valence-corrected chi connectivity index (χ2v) is 5.62. The van der Waals surface area contributed by atoms with Crippen LogP contribution in [0.5, 0.6) is 5.75 Å². The van der Waals surface area contributed by atoms with Gasteiger partial charge in [-0.3, -0.25) is 0 Å². The quantitative estimate of drug-likeness (QED) is 0.807. The van der Waals surface area contributed by atoms with Crippen molar-refractivity contribution in [3.05, 3.63) is 59.7 Å². The Morgan fingerprint density at radius 3 is 2.20 bits per heavy atom. The van der Waals surface area contributed by atoms with Gasteiger partial charge in [-0.15, -0.1) is 0 Å². The number of benzene rings is 2. The van der Waals surface area contributed by atoms with Gasteiger partial charge in [-0.25, -0.2) is 4.21 Å². The molecule has 2 aromatic carbocycles. The molecule has 2 rings (SSSR count). The van der Waals surface area contributed by atoms with Gasteiger partial charge in [0.25, 0.3) is 0 Å². The minimum absolute atomic E-state index is 0.712. The Morgan fingerprint density at radius 2 is 1.65 bits per heavy atom. The molecule has 20 heavy (non-hydrogen) atoms. The predicted molar refractivity (Wildman–Crippen MR) is 82.8 cm³/mol. The van der Waals surface area contributed by atoms with E-state index in [0.29, 0.717) is 4.90 Å². The Hall–Kier alpha value is -1.94. The van der Waals surface area contributed by atoms with Gasteiger partial charge in [0.2, 0.25) is 0 Å². The van der Waals surface area contributed by atoms with Gasteiger partial charge in [0.05, 0.1) is 17.7 Å². The summed E-state index contributed by atoms with van der Waals surface area (Å²) in [5.74, 6) is 0.793. The van der Waals surface area contributed by atoms with E-state index in [4.69, 9.17) is 4.74 Å². The van der Waals surface area contributed by atoms with Crippen LogP contribution in [0.3, 0.4) is 0 Å². The third-order valence-electron chi connectivity index (χ3n) is 2.95. The van der Waals surface area contributed by atoms with Crippen molar-refractivity contribution in [1.82, 2.24) is 0 Å². The monoisotopic (exact) mass is 287 g/mol. The zero-order valence-electron chi connectivity index (χ0n) is 11.8. The van der Waals surface area contributed by atoms with Crippen LogP contribution in [0, 0.1) is 6.92 Å². The highest BCUT2D eigenvalue weighted by Gasteiger charge is 2.04. The molecule has 0 spiro atoms. The van der Waals surface area contributed by atoms with Gasteiger partial charge in [-0.05, 0) is 55.8 Å². The second-order valence-electron chi connectivity index (χ2n) is 4.47. The molecule has 1 unspecified atom stereocenters. The smallest absolute Gasteiger partial charge is 0.172 e. The second kappa shape index (κ2) is 6.48. The maximum atomic E-state index is 12.2. The van der Waals surface area contributed by atoms with Gasteiger partial charge in [0, 0.05) is 0 Å². The summed E-state index contributed by atoms with van der Waals surface area (Å²) >= 11 is 0. The Morgan fingerprint density at radius 1 is 1.05 bits per heavy atom. The van der Waals surface area contributed by atoms with E-state index in [-0.39, 0.29) is 0 Å². The molecule has 2 aromatic rings. The molecular formula is C16H17NO2S. The van der Waals surface area contributed by atoms with E-state index in [1.165, 1.54) is 0 Å². The summed E-state index contributed by atoms with van der Waals surface area (Å²) in [5.41, 5.74) is 2.82.